The average molecular weight is 236 g/mol. The van der Waals surface area contributed by atoms with Crippen LogP contribution in [-0.4, -0.2) is 12.1 Å². The molecule has 0 amide bonds. The van der Waals surface area contributed by atoms with E-state index in [4.69, 9.17) is 4.42 Å². The maximum Gasteiger partial charge on any atom is 0.185 e. The van der Waals surface area contributed by atoms with Gasteiger partial charge in [0.1, 0.15) is 5.76 Å². The van der Waals surface area contributed by atoms with Gasteiger partial charge in [0, 0.05) is 10.8 Å². The average Bonchev–Trinajstić information content (AvgIpc) is 2.57. The fourth-order valence-corrected chi connectivity index (χ4v) is 1.60. The summed E-state index contributed by atoms with van der Waals surface area (Å²) < 4.78 is 5.46. The van der Waals surface area contributed by atoms with Crippen molar-refractivity contribution in [1.29, 1.82) is 0 Å². The number of hydrogen-bond donors (Lipinski definition) is 0. The number of rotatable bonds is 2. The Morgan fingerprint density at radius 3 is 2.06 bits per heavy atom. The third kappa shape index (κ3) is 2.84. The highest BCUT2D eigenvalue weighted by Crippen LogP contribution is 2.32. The van der Waals surface area contributed by atoms with Crippen LogP contribution in [-0.2, 0) is 5.41 Å². The maximum absolute atomic E-state index is 12.3. The topological polar surface area (TPSA) is 47.3 Å². The van der Waals surface area contributed by atoms with Crippen LogP contribution >= 0.6 is 0 Å². The first kappa shape index (κ1) is 13.7. The number of furan rings is 1. The van der Waals surface area contributed by atoms with Gasteiger partial charge >= 0.3 is 0 Å². The summed E-state index contributed by atoms with van der Waals surface area (Å²) in [5.74, 6) is 0.793. The first-order chi connectivity index (χ1) is 7.57. The van der Waals surface area contributed by atoms with Crippen molar-refractivity contribution in [3.63, 3.8) is 0 Å². The lowest BCUT2D eigenvalue weighted by Gasteiger charge is -2.21. The molecule has 0 aliphatic rings. The number of ketones is 1. The summed E-state index contributed by atoms with van der Waals surface area (Å²) in [6.07, 6.45) is 0.634. The molecule has 0 N–H and O–H groups in total. The van der Waals surface area contributed by atoms with Gasteiger partial charge in [0.25, 0.3) is 0 Å². The van der Waals surface area contributed by atoms with E-state index in [2.05, 4.69) is 0 Å². The van der Waals surface area contributed by atoms with Crippen LogP contribution in [0.3, 0.4) is 0 Å². The van der Waals surface area contributed by atoms with Crippen LogP contribution in [0.1, 0.15) is 68.2 Å². The molecule has 0 spiro atoms. The molecule has 0 saturated carbocycles. The van der Waals surface area contributed by atoms with E-state index in [1.54, 1.807) is 6.07 Å². The molecule has 1 heterocycles. The van der Waals surface area contributed by atoms with Gasteiger partial charge in [-0.1, -0.05) is 41.5 Å². The molecule has 3 nitrogen and oxygen atoms in total. The summed E-state index contributed by atoms with van der Waals surface area (Å²) in [6.45, 7) is 11.4. The van der Waals surface area contributed by atoms with E-state index in [1.165, 1.54) is 0 Å². The van der Waals surface area contributed by atoms with Crippen molar-refractivity contribution in [3.05, 3.63) is 23.2 Å². The quantitative estimate of drug-likeness (QED) is 0.582. The maximum atomic E-state index is 12.3. The highest BCUT2D eigenvalue weighted by Gasteiger charge is 2.32. The minimum Gasteiger partial charge on any atom is -0.457 e. The van der Waals surface area contributed by atoms with E-state index in [0.29, 0.717) is 17.6 Å². The van der Waals surface area contributed by atoms with Crippen molar-refractivity contribution in [2.24, 2.45) is 5.41 Å². The standard InChI is InChI=1S/C14H20O3/c1-13(2,3)11(16)10-7-9(8-15)17-12(10)14(4,5)6/h7-8H,1-6H3. The van der Waals surface area contributed by atoms with Crippen molar-refractivity contribution in [3.8, 4) is 0 Å². The molecule has 1 aromatic heterocycles. The Bertz CT molecular complexity index is 439. The molecule has 0 aromatic carbocycles. The van der Waals surface area contributed by atoms with Crippen molar-refractivity contribution in [2.45, 2.75) is 47.0 Å². The smallest absolute Gasteiger partial charge is 0.185 e. The zero-order valence-corrected chi connectivity index (χ0v) is 11.4. The number of aldehydes is 1. The highest BCUT2D eigenvalue weighted by atomic mass is 16.3. The van der Waals surface area contributed by atoms with Gasteiger partial charge in [0.15, 0.2) is 17.8 Å². The van der Waals surface area contributed by atoms with Crippen LogP contribution < -0.4 is 0 Å². The molecule has 0 unspecified atom stereocenters. The molecule has 0 fully saturated rings. The van der Waals surface area contributed by atoms with Gasteiger partial charge in [-0.3, -0.25) is 9.59 Å². The molecule has 0 aliphatic heterocycles. The fraction of sp³-hybridized carbons (Fsp3) is 0.571. The number of hydrogen-bond acceptors (Lipinski definition) is 3. The van der Waals surface area contributed by atoms with Gasteiger partial charge in [-0.05, 0) is 6.07 Å². The van der Waals surface area contributed by atoms with E-state index in [-0.39, 0.29) is 17.0 Å². The summed E-state index contributed by atoms with van der Waals surface area (Å²) in [4.78, 5) is 23.1. The molecule has 0 atom stereocenters. The molecule has 0 aliphatic carbocycles. The van der Waals surface area contributed by atoms with Crippen molar-refractivity contribution in [1.82, 2.24) is 0 Å². The molecular weight excluding hydrogens is 216 g/mol. The third-order valence-corrected chi connectivity index (χ3v) is 2.47. The van der Waals surface area contributed by atoms with Gasteiger partial charge < -0.3 is 4.42 Å². The Morgan fingerprint density at radius 1 is 1.18 bits per heavy atom. The van der Waals surface area contributed by atoms with Crippen LogP contribution in [0.2, 0.25) is 0 Å². The first-order valence-electron chi connectivity index (χ1n) is 5.71. The predicted octanol–water partition coefficient (Wildman–Crippen LogP) is 3.62. The van der Waals surface area contributed by atoms with Gasteiger partial charge in [0.05, 0.1) is 5.56 Å². The van der Waals surface area contributed by atoms with E-state index >= 15 is 0 Å². The summed E-state index contributed by atoms with van der Waals surface area (Å²) in [5.41, 5.74) is -0.256. The van der Waals surface area contributed by atoms with Crippen LogP contribution in [0.25, 0.3) is 0 Å². The lowest BCUT2D eigenvalue weighted by Crippen LogP contribution is -2.23. The Morgan fingerprint density at radius 2 is 1.71 bits per heavy atom. The van der Waals surface area contributed by atoms with Crippen molar-refractivity contribution < 1.29 is 14.0 Å². The molecule has 1 rings (SSSR count). The summed E-state index contributed by atoms with van der Waals surface area (Å²) in [7, 11) is 0. The van der Waals surface area contributed by atoms with Crippen LogP contribution in [0.15, 0.2) is 10.5 Å². The highest BCUT2D eigenvalue weighted by molar-refractivity contribution is 6.01. The van der Waals surface area contributed by atoms with Crippen molar-refractivity contribution >= 4 is 12.1 Å². The number of carbonyl (C=O) groups is 2. The normalized spacial score (nSPS) is 12.6. The third-order valence-electron chi connectivity index (χ3n) is 2.47. The lowest BCUT2D eigenvalue weighted by atomic mass is 9.82. The zero-order valence-electron chi connectivity index (χ0n) is 11.4. The SMILES string of the molecule is CC(C)(C)C(=O)c1cc(C=O)oc1C(C)(C)C. The van der Waals surface area contributed by atoms with E-state index in [0.717, 1.165) is 0 Å². The van der Waals surface area contributed by atoms with Crippen LogP contribution in [0.5, 0.6) is 0 Å². The second kappa shape index (κ2) is 4.13. The van der Waals surface area contributed by atoms with Crippen LogP contribution in [0, 0.1) is 5.41 Å². The molecule has 1 aromatic rings. The summed E-state index contributed by atoms with van der Waals surface area (Å²) in [5, 5.41) is 0. The van der Waals surface area contributed by atoms with Gasteiger partial charge in [-0.2, -0.15) is 0 Å². The number of Topliss-reactive ketones (excluding diaryl/α,β-unsaturated/α-hetero) is 1. The van der Waals surface area contributed by atoms with Gasteiger partial charge in [-0.25, -0.2) is 0 Å². The Kier molecular flexibility index (Phi) is 3.33. The summed E-state index contributed by atoms with van der Waals surface area (Å²) in [6, 6.07) is 1.54. The van der Waals surface area contributed by atoms with E-state index in [1.807, 2.05) is 41.5 Å². The fourth-order valence-electron chi connectivity index (χ4n) is 1.60. The Labute approximate surface area is 102 Å². The van der Waals surface area contributed by atoms with Gasteiger partial charge in [-0.15, -0.1) is 0 Å². The molecular formula is C14H20O3. The molecule has 0 bridgehead atoms. The minimum atomic E-state index is -0.482. The number of carbonyl (C=O) groups excluding carboxylic acids is 2. The second-order valence-electron chi connectivity index (χ2n) is 6.34. The van der Waals surface area contributed by atoms with E-state index in [9.17, 15) is 9.59 Å². The largest absolute Gasteiger partial charge is 0.457 e. The second-order valence-corrected chi connectivity index (χ2v) is 6.34. The lowest BCUT2D eigenvalue weighted by molar-refractivity contribution is 0.0854. The molecule has 0 saturated heterocycles. The van der Waals surface area contributed by atoms with Gasteiger partial charge in [0.2, 0.25) is 0 Å². The predicted molar refractivity (Wildman–Crippen MR) is 66.6 cm³/mol. The zero-order chi connectivity index (χ0) is 13.4. The molecule has 94 valence electrons. The first-order valence-corrected chi connectivity index (χ1v) is 5.71. The molecule has 3 heteroatoms. The molecule has 17 heavy (non-hydrogen) atoms. The Balaban J connectivity index is 3.37. The van der Waals surface area contributed by atoms with E-state index < -0.39 is 5.41 Å². The monoisotopic (exact) mass is 236 g/mol. The Hall–Kier alpha value is -1.38. The van der Waals surface area contributed by atoms with Crippen molar-refractivity contribution in [2.75, 3.05) is 0 Å². The summed E-state index contributed by atoms with van der Waals surface area (Å²) >= 11 is 0. The minimum absolute atomic E-state index is 0.000671. The van der Waals surface area contributed by atoms with Crippen LogP contribution in [0.4, 0.5) is 0 Å². The molecule has 0 radical (unpaired) electrons.